The van der Waals surface area contributed by atoms with E-state index in [9.17, 15) is 9.59 Å². The summed E-state index contributed by atoms with van der Waals surface area (Å²) >= 11 is 6.75. The van der Waals surface area contributed by atoms with Gasteiger partial charge in [-0.3, -0.25) is 14.6 Å². The quantitative estimate of drug-likeness (QED) is 0.358. The molecule has 1 atom stereocenters. The molecule has 1 unspecified atom stereocenters. The predicted octanol–water partition coefficient (Wildman–Crippen LogP) is 4.32. The average Bonchev–Trinajstić information content (AvgIpc) is 2.63. The van der Waals surface area contributed by atoms with Gasteiger partial charge in [0.2, 0.25) is 5.91 Å². The third-order valence-corrected chi connectivity index (χ3v) is 5.37. The molecule has 0 fully saturated rings. The van der Waals surface area contributed by atoms with Crippen LogP contribution in [-0.2, 0) is 15.5 Å². The van der Waals surface area contributed by atoms with Gasteiger partial charge in [-0.2, -0.15) is 0 Å². The molecule has 26 heavy (non-hydrogen) atoms. The van der Waals surface area contributed by atoms with E-state index in [1.165, 1.54) is 0 Å². The van der Waals surface area contributed by atoms with Crippen molar-refractivity contribution in [3.8, 4) is 0 Å². The molecule has 1 aromatic rings. The van der Waals surface area contributed by atoms with E-state index < -0.39 is 0 Å². The first-order valence-corrected chi connectivity index (χ1v) is 11.3. The number of nitrogens with zero attached hydrogens (tertiary/aromatic N) is 1. The molecule has 2 N–H and O–H groups in total. The molecule has 0 spiro atoms. The maximum Gasteiger partial charge on any atom is 0.251 e. The van der Waals surface area contributed by atoms with Crippen LogP contribution in [0.25, 0.3) is 0 Å². The molecule has 1 heterocycles. The summed E-state index contributed by atoms with van der Waals surface area (Å²) in [5, 5.41) is 7.18. The molecule has 7 heteroatoms. The Labute approximate surface area is 173 Å². The maximum atomic E-state index is 12.3. The molecule has 0 aliphatic rings. The number of hydrogen-bond acceptors (Lipinski definition) is 3. The van der Waals surface area contributed by atoms with Gasteiger partial charge >= 0.3 is 0 Å². The number of halogens is 2. The Morgan fingerprint density at radius 2 is 1.65 bits per heavy atom. The minimum absolute atomic E-state index is 0.0831. The van der Waals surface area contributed by atoms with Gasteiger partial charge < -0.3 is 10.6 Å². The van der Waals surface area contributed by atoms with Gasteiger partial charge in [-0.05, 0) is 37.8 Å². The second kappa shape index (κ2) is 12.4. The third kappa shape index (κ3) is 8.62. The molecular formula is C19H29Br2N3O2. The molecule has 0 aromatic carbocycles. The van der Waals surface area contributed by atoms with Crippen molar-refractivity contribution < 1.29 is 9.59 Å². The van der Waals surface area contributed by atoms with E-state index in [4.69, 9.17) is 0 Å². The van der Waals surface area contributed by atoms with E-state index >= 15 is 0 Å². The molecule has 146 valence electrons. The number of rotatable bonds is 11. The van der Waals surface area contributed by atoms with E-state index in [-0.39, 0.29) is 17.9 Å². The number of nitrogens with one attached hydrogen (secondary N) is 2. The van der Waals surface area contributed by atoms with Crippen molar-refractivity contribution in [1.82, 2.24) is 15.6 Å². The fourth-order valence-corrected chi connectivity index (χ4v) is 2.88. The second-order valence-electron chi connectivity index (χ2n) is 6.77. The number of pyridine rings is 1. The minimum Gasteiger partial charge on any atom is -0.353 e. The number of hydrogen-bond donors (Lipinski definition) is 2. The molecule has 1 aromatic heterocycles. The highest BCUT2D eigenvalue weighted by atomic mass is 79.9. The van der Waals surface area contributed by atoms with Gasteiger partial charge in [0.1, 0.15) is 0 Å². The normalized spacial score (nSPS) is 12.1. The Morgan fingerprint density at radius 1 is 1.04 bits per heavy atom. The highest BCUT2D eigenvalue weighted by molar-refractivity contribution is 9.08. The topological polar surface area (TPSA) is 71.1 Å². The minimum atomic E-state index is -0.0831. The van der Waals surface area contributed by atoms with Crippen LogP contribution in [0.1, 0.15) is 68.2 Å². The summed E-state index contributed by atoms with van der Waals surface area (Å²) in [6, 6.07) is 3.81. The molecule has 0 radical (unpaired) electrons. The van der Waals surface area contributed by atoms with Crippen LogP contribution < -0.4 is 10.6 Å². The van der Waals surface area contributed by atoms with Crippen molar-refractivity contribution in [2.45, 2.75) is 63.2 Å². The molecule has 1 rings (SSSR count). The van der Waals surface area contributed by atoms with Crippen molar-refractivity contribution in [2.75, 3.05) is 6.54 Å². The van der Waals surface area contributed by atoms with Crippen LogP contribution >= 0.6 is 31.9 Å². The van der Waals surface area contributed by atoms with Crippen LogP contribution in [0.3, 0.4) is 0 Å². The van der Waals surface area contributed by atoms with Crippen LogP contribution in [0, 0.1) is 5.92 Å². The summed E-state index contributed by atoms with van der Waals surface area (Å²) in [6.45, 7) is 6.83. The Morgan fingerprint density at radius 3 is 2.19 bits per heavy atom. The Balaban J connectivity index is 2.27. The summed E-state index contributed by atoms with van der Waals surface area (Å²) in [7, 11) is 0. The Hall–Kier alpha value is -0.950. The molecule has 0 aliphatic carbocycles. The SMILES string of the molecule is CC(C)C(C)NC(=O)CCCCCNC(=O)c1cc(CBr)nc(CBr)c1. The number of amides is 2. The number of alkyl halides is 2. The molecule has 5 nitrogen and oxygen atoms in total. The lowest BCUT2D eigenvalue weighted by Crippen LogP contribution is -2.35. The van der Waals surface area contributed by atoms with Crippen LogP contribution in [0.15, 0.2) is 12.1 Å². The van der Waals surface area contributed by atoms with Crippen LogP contribution in [0.5, 0.6) is 0 Å². The van der Waals surface area contributed by atoms with Gasteiger partial charge in [0.25, 0.3) is 5.91 Å². The molecule has 0 saturated carbocycles. The smallest absolute Gasteiger partial charge is 0.251 e. The van der Waals surface area contributed by atoms with Gasteiger partial charge in [0.05, 0.1) is 11.4 Å². The highest BCUT2D eigenvalue weighted by Gasteiger charge is 2.11. The van der Waals surface area contributed by atoms with Crippen molar-refractivity contribution in [3.63, 3.8) is 0 Å². The largest absolute Gasteiger partial charge is 0.353 e. The van der Waals surface area contributed by atoms with Crippen LogP contribution in [0.2, 0.25) is 0 Å². The van der Waals surface area contributed by atoms with Crippen LogP contribution in [-0.4, -0.2) is 29.4 Å². The van der Waals surface area contributed by atoms with E-state index in [0.29, 0.717) is 35.1 Å². The number of unbranched alkanes of at least 4 members (excludes halogenated alkanes) is 2. The van der Waals surface area contributed by atoms with E-state index in [1.807, 2.05) is 6.92 Å². The lowest BCUT2D eigenvalue weighted by Gasteiger charge is -2.17. The maximum absolute atomic E-state index is 12.3. The monoisotopic (exact) mass is 489 g/mol. The number of aromatic nitrogens is 1. The van der Waals surface area contributed by atoms with Crippen molar-refractivity contribution in [2.24, 2.45) is 5.92 Å². The Bertz CT molecular complexity index is 572. The number of carbonyl (C=O) groups excluding carboxylic acids is 2. The predicted molar refractivity (Wildman–Crippen MR) is 113 cm³/mol. The van der Waals surface area contributed by atoms with Crippen molar-refractivity contribution in [3.05, 3.63) is 29.1 Å². The van der Waals surface area contributed by atoms with Gasteiger partial charge in [-0.1, -0.05) is 52.1 Å². The highest BCUT2D eigenvalue weighted by Crippen LogP contribution is 2.12. The van der Waals surface area contributed by atoms with E-state index in [2.05, 4.69) is 61.3 Å². The Kier molecular flexibility index (Phi) is 11.0. The van der Waals surface area contributed by atoms with Gasteiger partial charge in [-0.25, -0.2) is 0 Å². The van der Waals surface area contributed by atoms with Crippen LogP contribution in [0.4, 0.5) is 0 Å². The fourth-order valence-electron chi connectivity index (χ4n) is 2.30. The molecule has 0 aliphatic heterocycles. The van der Waals surface area contributed by atoms with Gasteiger partial charge in [0.15, 0.2) is 0 Å². The average molecular weight is 491 g/mol. The third-order valence-electron chi connectivity index (χ3n) is 4.22. The lowest BCUT2D eigenvalue weighted by atomic mass is 10.1. The first-order chi connectivity index (χ1) is 12.4. The summed E-state index contributed by atoms with van der Waals surface area (Å²) in [4.78, 5) is 28.5. The first kappa shape index (κ1) is 23.1. The zero-order valence-electron chi connectivity index (χ0n) is 15.8. The van der Waals surface area contributed by atoms with Crippen molar-refractivity contribution >= 4 is 43.7 Å². The summed E-state index contributed by atoms with van der Waals surface area (Å²) in [6.07, 6.45) is 3.15. The molecular weight excluding hydrogens is 462 g/mol. The fraction of sp³-hybridized carbons (Fsp3) is 0.632. The molecule has 0 bridgehead atoms. The summed E-state index contributed by atoms with van der Waals surface area (Å²) in [5.41, 5.74) is 2.31. The van der Waals surface area contributed by atoms with Gasteiger partial charge in [-0.15, -0.1) is 0 Å². The zero-order valence-corrected chi connectivity index (χ0v) is 19.0. The summed E-state index contributed by atoms with van der Waals surface area (Å²) in [5.74, 6) is 0.467. The van der Waals surface area contributed by atoms with E-state index in [1.54, 1.807) is 12.1 Å². The molecule has 0 saturated heterocycles. The summed E-state index contributed by atoms with van der Waals surface area (Å²) < 4.78 is 0. The number of carbonyl (C=O) groups is 2. The molecule has 2 amide bonds. The lowest BCUT2D eigenvalue weighted by molar-refractivity contribution is -0.122. The first-order valence-electron chi connectivity index (χ1n) is 9.06. The van der Waals surface area contributed by atoms with Gasteiger partial charge in [0, 0.05) is 35.2 Å². The van der Waals surface area contributed by atoms with E-state index in [0.717, 1.165) is 30.7 Å². The van der Waals surface area contributed by atoms with Crippen molar-refractivity contribution in [1.29, 1.82) is 0 Å². The zero-order chi connectivity index (χ0) is 19.5. The second-order valence-corrected chi connectivity index (χ2v) is 7.89. The standard InChI is InChI=1S/C19H29Br2N3O2/c1-13(2)14(3)23-18(25)7-5-4-6-8-22-19(26)15-9-16(11-20)24-17(10-15)12-21/h9-10,13-14H,4-8,11-12H2,1-3H3,(H,22,26)(H,23,25).